The van der Waals surface area contributed by atoms with Gasteiger partial charge in [0.15, 0.2) is 0 Å². The van der Waals surface area contributed by atoms with E-state index in [0.29, 0.717) is 5.56 Å². The van der Waals surface area contributed by atoms with Crippen LogP contribution in [0.15, 0.2) is 41.0 Å². The van der Waals surface area contributed by atoms with Gasteiger partial charge in [-0.25, -0.2) is 0 Å². The van der Waals surface area contributed by atoms with Crippen LogP contribution in [0.25, 0.3) is 22.2 Å². The number of nitrogens with zero attached hydrogens (tertiary/aromatic N) is 2. The lowest BCUT2D eigenvalue weighted by atomic mass is 10.0. The summed E-state index contributed by atoms with van der Waals surface area (Å²) < 4.78 is 5.34. The molecule has 0 aliphatic carbocycles. The molecule has 20 heavy (non-hydrogen) atoms. The summed E-state index contributed by atoms with van der Waals surface area (Å²) in [6, 6.07) is 9.01. The molecule has 5 nitrogen and oxygen atoms in total. The van der Waals surface area contributed by atoms with Crippen molar-refractivity contribution < 1.29 is 9.34 Å². The summed E-state index contributed by atoms with van der Waals surface area (Å²) in [7, 11) is 0. The Morgan fingerprint density at radius 2 is 2.00 bits per heavy atom. The van der Waals surface area contributed by atoms with Crippen molar-refractivity contribution in [3.8, 4) is 11.3 Å². The Bertz CT molecular complexity index is 816. The molecule has 2 aromatic heterocycles. The summed E-state index contributed by atoms with van der Waals surface area (Å²) in [6.45, 7) is 3.85. The fourth-order valence-corrected chi connectivity index (χ4v) is 2.31. The molecule has 0 saturated heterocycles. The number of hydrogen-bond acceptors (Lipinski definition) is 4. The molecule has 0 saturated carbocycles. The second-order valence-corrected chi connectivity index (χ2v) is 4.72. The molecule has 0 fully saturated rings. The molecule has 2 heterocycles. The van der Waals surface area contributed by atoms with Crippen LogP contribution >= 0.6 is 0 Å². The third-order valence-corrected chi connectivity index (χ3v) is 3.18. The minimum Gasteiger partial charge on any atom is -0.457 e. The summed E-state index contributed by atoms with van der Waals surface area (Å²) in [5, 5.41) is 11.9. The van der Waals surface area contributed by atoms with E-state index in [9.17, 15) is 10.1 Å². The van der Waals surface area contributed by atoms with E-state index < -0.39 is 4.92 Å². The first-order chi connectivity index (χ1) is 9.56. The lowest BCUT2D eigenvalue weighted by Crippen LogP contribution is -1.92. The summed E-state index contributed by atoms with van der Waals surface area (Å²) in [4.78, 5) is 15.1. The molecule has 0 unspecified atom stereocenters. The zero-order valence-electron chi connectivity index (χ0n) is 11.1. The minimum absolute atomic E-state index is 0.0301. The first kappa shape index (κ1) is 12.3. The fourth-order valence-electron chi connectivity index (χ4n) is 2.31. The normalized spacial score (nSPS) is 10.9. The Hall–Kier alpha value is -2.69. The van der Waals surface area contributed by atoms with Gasteiger partial charge in [0.25, 0.3) is 0 Å². The van der Waals surface area contributed by atoms with Crippen molar-refractivity contribution in [1.29, 1.82) is 0 Å². The van der Waals surface area contributed by atoms with Gasteiger partial charge in [-0.3, -0.25) is 15.1 Å². The Balaban J connectivity index is 2.35. The maximum atomic E-state index is 11.1. The van der Waals surface area contributed by atoms with Gasteiger partial charge >= 0.3 is 5.69 Å². The van der Waals surface area contributed by atoms with Gasteiger partial charge in [0, 0.05) is 16.6 Å². The first-order valence-corrected chi connectivity index (χ1v) is 6.16. The molecule has 0 atom stereocenters. The van der Waals surface area contributed by atoms with Crippen molar-refractivity contribution in [1.82, 2.24) is 4.98 Å². The highest BCUT2D eigenvalue weighted by molar-refractivity contribution is 5.95. The van der Waals surface area contributed by atoms with E-state index in [0.717, 1.165) is 22.2 Å². The van der Waals surface area contributed by atoms with Gasteiger partial charge in [0.05, 0.1) is 22.8 Å². The molecule has 0 N–H and O–H groups in total. The number of benzene rings is 1. The molecule has 0 spiro atoms. The van der Waals surface area contributed by atoms with Crippen LogP contribution in [0.1, 0.15) is 11.3 Å². The van der Waals surface area contributed by atoms with Crippen LogP contribution < -0.4 is 0 Å². The highest BCUT2D eigenvalue weighted by Gasteiger charge is 2.21. The molecule has 0 radical (unpaired) electrons. The Morgan fingerprint density at radius 3 is 2.75 bits per heavy atom. The molecular formula is C15H12N2O3. The van der Waals surface area contributed by atoms with Crippen LogP contribution in [0.4, 0.5) is 5.69 Å². The minimum atomic E-state index is -0.436. The number of pyridine rings is 1. The standard InChI is InChI=1S/C15H12N2O3/c1-9-3-4-11-12(8-10(2)16-13(11)7-9)15-14(17(18)19)5-6-20-15/h3-8H,1-2H3. The largest absolute Gasteiger partial charge is 0.457 e. The van der Waals surface area contributed by atoms with Crippen molar-refractivity contribution in [2.75, 3.05) is 0 Å². The molecule has 5 heteroatoms. The number of fused-ring (bicyclic) bond motifs is 1. The SMILES string of the molecule is Cc1ccc2c(-c3occc3[N+](=O)[O-])cc(C)nc2c1. The average Bonchev–Trinajstić information content (AvgIpc) is 2.86. The molecule has 3 aromatic rings. The maximum Gasteiger partial charge on any atom is 0.315 e. The van der Waals surface area contributed by atoms with Gasteiger partial charge in [-0.15, -0.1) is 0 Å². The van der Waals surface area contributed by atoms with Crippen LogP contribution in [0, 0.1) is 24.0 Å². The predicted octanol–water partition coefficient (Wildman–Crippen LogP) is 4.02. The first-order valence-electron chi connectivity index (χ1n) is 6.16. The third-order valence-electron chi connectivity index (χ3n) is 3.18. The monoisotopic (exact) mass is 268 g/mol. The number of hydrogen-bond donors (Lipinski definition) is 0. The topological polar surface area (TPSA) is 69.2 Å². The van der Waals surface area contributed by atoms with E-state index in [1.165, 1.54) is 12.3 Å². The Kier molecular flexibility index (Phi) is 2.75. The predicted molar refractivity (Wildman–Crippen MR) is 75.6 cm³/mol. The summed E-state index contributed by atoms with van der Waals surface area (Å²) in [5.41, 5.74) is 3.37. The number of aryl methyl sites for hydroxylation is 2. The van der Waals surface area contributed by atoms with Gasteiger partial charge < -0.3 is 4.42 Å². The molecule has 3 rings (SSSR count). The average molecular weight is 268 g/mol. The second-order valence-electron chi connectivity index (χ2n) is 4.72. The quantitative estimate of drug-likeness (QED) is 0.520. The van der Waals surface area contributed by atoms with Crippen molar-refractivity contribution in [2.45, 2.75) is 13.8 Å². The third kappa shape index (κ3) is 1.93. The summed E-state index contributed by atoms with van der Waals surface area (Å²) in [6.07, 6.45) is 1.34. The van der Waals surface area contributed by atoms with Gasteiger partial charge in [-0.1, -0.05) is 12.1 Å². The fraction of sp³-hybridized carbons (Fsp3) is 0.133. The van der Waals surface area contributed by atoms with Crippen LogP contribution in [0.2, 0.25) is 0 Å². The van der Waals surface area contributed by atoms with Crippen LogP contribution in [-0.2, 0) is 0 Å². The van der Waals surface area contributed by atoms with E-state index >= 15 is 0 Å². The van der Waals surface area contributed by atoms with Gasteiger partial charge in [-0.05, 0) is 31.5 Å². The van der Waals surface area contributed by atoms with Crippen molar-refractivity contribution in [3.05, 3.63) is 58.0 Å². The highest BCUT2D eigenvalue weighted by atomic mass is 16.6. The lowest BCUT2D eigenvalue weighted by Gasteiger charge is -2.06. The second kappa shape index (κ2) is 4.45. The molecule has 0 amide bonds. The van der Waals surface area contributed by atoms with Gasteiger partial charge in [0.1, 0.15) is 0 Å². The zero-order valence-corrected chi connectivity index (χ0v) is 11.1. The van der Waals surface area contributed by atoms with E-state index in [-0.39, 0.29) is 11.4 Å². The zero-order chi connectivity index (χ0) is 14.3. The van der Waals surface area contributed by atoms with Crippen molar-refractivity contribution in [3.63, 3.8) is 0 Å². The van der Waals surface area contributed by atoms with Crippen molar-refractivity contribution in [2.24, 2.45) is 0 Å². The van der Waals surface area contributed by atoms with E-state index in [2.05, 4.69) is 4.98 Å². The Morgan fingerprint density at radius 1 is 1.20 bits per heavy atom. The smallest absolute Gasteiger partial charge is 0.315 e. The Labute approximate surface area is 115 Å². The molecular weight excluding hydrogens is 256 g/mol. The van der Waals surface area contributed by atoms with Gasteiger partial charge in [0.2, 0.25) is 5.76 Å². The van der Waals surface area contributed by atoms with Crippen LogP contribution in [-0.4, -0.2) is 9.91 Å². The summed E-state index contributed by atoms with van der Waals surface area (Å²) >= 11 is 0. The lowest BCUT2D eigenvalue weighted by molar-refractivity contribution is -0.384. The summed E-state index contributed by atoms with van der Waals surface area (Å²) in [5.74, 6) is 0.273. The van der Waals surface area contributed by atoms with Gasteiger partial charge in [-0.2, -0.15) is 0 Å². The number of furan rings is 1. The number of aromatic nitrogens is 1. The number of rotatable bonds is 2. The molecule has 0 aliphatic heterocycles. The van der Waals surface area contributed by atoms with E-state index in [1.807, 2.05) is 38.1 Å². The maximum absolute atomic E-state index is 11.1. The van der Waals surface area contributed by atoms with E-state index in [1.54, 1.807) is 0 Å². The molecule has 1 aromatic carbocycles. The van der Waals surface area contributed by atoms with Crippen LogP contribution in [0.3, 0.4) is 0 Å². The molecule has 0 bridgehead atoms. The van der Waals surface area contributed by atoms with Crippen LogP contribution in [0.5, 0.6) is 0 Å². The highest BCUT2D eigenvalue weighted by Crippen LogP contribution is 2.35. The van der Waals surface area contributed by atoms with E-state index in [4.69, 9.17) is 4.42 Å². The number of nitro groups is 1. The van der Waals surface area contributed by atoms with Crippen molar-refractivity contribution >= 4 is 16.6 Å². The molecule has 0 aliphatic rings. The molecule has 100 valence electrons.